The van der Waals surface area contributed by atoms with Crippen LogP contribution in [0.25, 0.3) is 0 Å². The van der Waals surface area contributed by atoms with Crippen molar-refractivity contribution in [3.05, 3.63) is 35.4 Å². The van der Waals surface area contributed by atoms with Gasteiger partial charge in [-0.25, -0.2) is 0 Å². The van der Waals surface area contributed by atoms with E-state index < -0.39 is 6.10 Å². The average molecular weight is 348 g/mol. The highest BCUT2D eigenvalue weighted by atomic mass is 32.2. The van der Waals surface area contributed by atoms with Gasteiger partial charge in [0.1, 0.15) is 0 Å². The third-order valence-corrected chi connectivity index (χ3v) is 5.84. The van der Waals surface area contributed by atoms with Crippen LogP contribution in [0.3, 0.4) is 0 Å². The Kier molecular flexibility index (Phi) is 5.58. The van der Waals surface area contributed by atoms with Gasteiger partial charge in [0.25, 0.3) is 11.8 Å². The van der Waals surface area contributed by atoms with E-state index in [1.807, 2.05) is 11.8 Å². The second-order valence-electron chi connectivity index (χ2n) is 6.53. The maximum absolute atomic E-state index is 12.4. The van der Waals surface area contributed by atoms with E-state index in [2.05, 4.69) is 11.2 Å². The number of carbonyl (C=O) groups is 2. The monoisotopic (exact) mass is 348 g/mol. The largest absolute Gasteiger partial charge is 0.390 e. The van der Waals surface area contributed by atoms with Crippen LogP contribution >= 0.6 is 11.8 Å². The number of aliphatic hydroxyl groups is 1. The number of amides is 2. The fourth-order valence-corrected chi connectivity index (χ4v) is 4.27. The molecule has 5 nitrogen and oxygen atoms in total. The molecule has 0 spiro atoms. The van der Waals surface area contributed by atoms with E-state index in [9.17, 15) is 14.7 Å². The highest BCUT2D eigenvalue weighted by Crippen LogP contribution is 2.23. The van der Waals surface area contributed by atoms with Gasteiger partial charge in [-0.1, -0.05) is 18.6 Å². The average Bonchev–Trinajstić information content (AvgIpc) is 2.75. The number of likely N-dealkylation sites (tertiary alicyclic amines) is 1. The zero-order valence-electron chi connectivity index (χ0n) is 14.0. The Bertz CT molecular complexity index is 587. The SMILES string of the molecule is CS[C@@H]1CCCCN(C[C@@H](O)CN2C(=O)c3ccccc3C2=O)C1. The van der Waals surface area contributed by atoms with Crippen LogP contribution in [-0.2, 0) is 0 Å². The number of hydrogen-bond donors (Lipinski definition) is 1. The number of benzene rings is 1. The minimum atomic E-state index is -0.715. The van der Waals surface area contributed by atoms with Crippen molar-refractivity contribution < 1.29 is 14.7 Å². The molecule has 0 saturated carbocycles. The van der Waals surface area contributed by atoms with Gasteiger partial charge in [0, 0.05) is 18.3 Å². The van der Waals surface area contributed by atoms with Crippen LogP contribution in [-0.4, -0.2) is 70.5 Å². The normalized spacial score (nSPS) is 23.2. The lowest BCUT2D eigenvalue weighted by Gasteiger charge is -2.27. The third-order valence-electron chi connectivity index (χ3n) is 4.79. The summed E-state index contributed by atoms with van der Waals surface area (Å²) in [5, 5.41) is 11.0. The predicted octanol–water partition coefficient (Wildman–Crippen LogP) is 1.86. The van der Waals surface area contributed by atoms with E-state index in [0.29, 0.717) is 22.9 Å². The zero-order valence-corrected chi connectivity index (χ0v) is 14.8. The van der Waals surface area contributed by atoms with Gasteiger partial charge in [-0.15, -0.1) is 0 Å². The second-order valence-corrected chi connectivity index (χ2v) is 7.67. The maximum Gasteiger partial charge on any atom is 0.261 e. The Hall–Kier alpha value is -1.37. The zero-order chi connectivity index (χ0) is 17.1. The molecule has 0 aliphatic carbocycles. The third kappa shape index (κ3) is 3.66. The molecule has 1 fully saturated rings. The van der Waals surface area contributed by atoms with E-state index in [1.54, 1.807) is 24.3 Å². The van der Waals surface area contributed by atoms with E-state index in [4.69, 9.17) is 0 Å². The molecule has 1 N–H and O–H groups in total. The molecule has 3 rings (SSSR count). The standard InChI is InChI=1S/C18H24N2O3S/c1-24-14-6-4-5-9-19(12-14)10-13(21)11-20-17(22)15-7-2-3-8-16(15)18(20)23/h2-3,7-8,13-14,21H,4-6,9-12H2,1H3/t13-,14-/m1/s1. The molecule has 1 saturated heterocycles. The number of aliphatic hydroxyl groups excluding tert-OH is 1. The lowest BCUT2D eigenvalue weighted by atomic mass is 10.1. The summed E-state index contributed by atoms with van der Waals surface area (Å²) >= 11 is 1.87. The quantitative estimate of drug-likeness (QED) is 0.823. The van der Waals surface area contributed by atoms with Gasteiger partial charge < -0.3 is 5.11 Å². The van der Waals surface area contributed by atoms with Crippen LogP contribution in [0, 0.1) is 0 Å². The molecule has 24 heavy (non-hydrogen) atoms. The summed E-state index contributed by atoms with van der Waals surface area (Å²) in [6, 6.07) is 6.84. The van der Waals surface area contributed by atoms with Crippen LogP contribution in [0.5, 0.6) is 0 Å². The molecule has 2 atom stereocenters. The van der Waals surface area contributed by atoms with Crippen molar-refractivity contribution >= 4 is 23.6 Å². The van der Waals surface area contributed by atoms with Gasteiger partial charge >= 0.3 is 0 Å². The molecule has 6 heteroatoms. The van der Waals surface area contributed by atoms with Crippen molar-refractivity contribution in [2.45, 2.75) is 30.6 Å². The first kappa shape index (κ1) is 17.5. The van der Waals surface area contributed by atoms with Crippen molar-refractivity contribution in [3.8, 4) is 0 Å². The molecule has 0 aromatic heterocycles. The van der Waals surface area contributed by atoms with Gasteiger partial charge in [0.15, 0.2) is 0 Å². The lowest BCUT2D eigenvalue weighted by Crippen LogP contribution is -2.43. The Labute approximate surface area is 147 Å². The van der Waals surface area contributed by atoms with Gasteiger partial charge in [-0.2, -0.15) is 11.8 Å². The molecular formula is C18H24N2O3S. The Morgan fingerprint density at radius 2 is 1.83 bits per heavy atom. The summed E-state index contributed by atoms with van der Waals surface area (Å²) in [5.74, 6) is -0.597. The van der Waals surface area contributed by atoms with E-state index >= 15 is 0 Å². The van der Waals surface area contributed by atoms with E-state index in [-0.39, 0.29) is 18.4 Å². The molecule has 0 radical (unpaired) electrons. The fraction of sp³-hybridized carbons (Fsp3) is 0.556. The van der Waals surface area contributed by atoms with Crippen LogP contribution < -0.4 is 0 Å². The van der Waals surface area contributed by atoms with Crippen LogP contribution in [0.2, 0.25) is 0 Å². The molecule has 1 aromatic carbocycles. The molecule has 2 aliphatic heterocycles. The van der Waals surface area contributed by atoms with Crippen molar-refractivity contribution in [2.75, 3.05) is 32.4 Å². The van der Waals surface area contributed by atoms with Crippen LogP contribution in [0.4, 0.5) is 0 Å². The second kappa shape index (κ2) is 7.68. The summed E-state index contributed by atoms with van der Waals surface area (Å²) in [5.41, 5.74) is 0.874. The van der Waals surface area contributed by atoms with Gasteiger partial charge in [-0.05, 0) is 37.8 Å². The number of carbonyl (C=O) groups excluding carboxylic acids is 2. The molecule has 0 unspecified atom stereocenters. The fourth-order valence-electron chi connectivity index (χ4n) is 3.51. The maximum atomic E-state index is 12.4. The van der Waals surface area contributed by atoms with Crippen molar-refractivity contribution in [2.24, 2.45) is 0 Å². The summed E-state index contributed by atoms with van der Waals surface area (Å²) in [7, 11) is 0. The first-order chi connectivity index (χ1) is 11.6. The lowest BCUT2D eigenvalue weighted by molar-refractivity contribution is 0.0477. The van der Waals surface area contributed by atoms with Crippen molar-refractivity contribution in [3.63, 3.8) is 0 Å². The minimum Gasteiger partial charge on any atom is -0.390 e. The Balaban J connectivity index is 1.60. The van der Waals surface area contributed by atoms with Crippen LogP contribution in [0.1, 0.15) is 40.0 Å². The molecule has 0 bridgehead atoms. The van der Waals surface area contributed by atoms with Crippen molar-refractivity contribution in [1.29, 1.82) is 0 Å². The first-order valence-electron chi connectivity index (χ1n) is 8.48. The predicted molar refractivity (Wildman–Crippen MR) is 95.4 cm³/mol. The molecule has 2 amide bonds. The summed E-state index contributed by atoms with van der Waals surface area (Å²) in [4.78, 5) is 28.2. The summed E-state index contributed by atoms with van der Waals surface area (Å²) < 4.78 is 0. The Morgan fingerprint density at radius 1 is 1.17 bits per heavy atom. The highest BCUT2D eigenvalue weighted by molar-refractivity contribution is 7.99. The summed E-state index contributed by atoms with van der Waals surface area (Å²) in [6.07, 6.45) is 4.98. The molecule has 130 valence electrons. The molecular weight excluding hydrogens is 324 g/mol. The Morgan fingerprint density at radius 3 is 2.46 bits per heavy atom. The number of rotatable bonds is 5. The van der Waals surface area contributed by atoms with Gasteiger partial charge in [-0.3, -0.25) is 19.4 Å². The van der Waals surface area contributed by atoms with Crippen LogP contribution in [0.15, 0.2) is 24.3 Å². The molecule has 2 heterocycles. The number of imide groups is 1. The highest BCUT2D eigenvalue weighted by Gasteiger charge is 2.36. The van der Waals surface area contributed by atoms with Gasteiger partial charge in [0.2, 0.25) is 0 Å². The summed E-state index contributed by atoms with van der Waals surface area (Å²) in [6.45, 7) is 2.49. The van der Waals surface area contributed by atoms with E-state index in [1.165, 1.54) is 17.7 Å². The number of β-amino-alcohol motifs (C(OH)–C–C–N with tert-alkyl or cyclic N) is 1. The number of thioether (sulfide) groups is 1. The number of hydrogen-bond acceptors (Lipinski definition) is 5. The number of nitrogens with zero attached hydrogens (tertiary/aromatic N) is 2. The number of fused-ring (bicyclic) bond motifs is 1. The molecule has 2 aliphatic rings. The topological polar surface area (TPSA) is 60.9 Å². The van der Waals surface area contributed by atoms with Crippen molar-refractivity contribution in [1.82, 2.24) is 9.80 Å². The van der Waals surface area contributed by atoms with Gasteiger partial charge in [0.05, 0.1) is 23.8 Å². The van der Waals surface area contributed by atoms with E-state index in [0.717, 1.165) is 19.5 Å². The smallest absolute Gasteiger partial charge is 0.261 e. The minimum absolute atomic E-state index is 0.0623. The molecule has 1 aromatic rings. The first-order valence-corrected chi connectivity index (χ1v) is 9.77.